The molecule has 4 heteroatoms. The lowest BCUT2D eigenvalue weighted by Crippen LogP contribution is -2.48. The average molecular weight is 256 g/mol. The fourth-order valence-electron chi connectivity index (χ4n) is 2.57. The predicted molar refractivity (Wildman–Crippen MR) is 73.2 cm³/mol. The van der Waals surface area contributed by atoms with Crippen molar-refractivity contribution >= 4 is 5.91 Å². The molecular formula is C14H28N2O2. The number of hydrogen-bond acceptors (Lipinski definition) is 3. The first-order valence-electron chi connectivity index (χ1n) is 6.89. The van der Waals surface area contributed by atoms with Crippen molar-refractivity contribution < 1.29 is 9.53 Å². The van der Waals surface area contributed by atoms with Crippen LogP contribution in [0.4, 0.5) is 0 Å². The van der Waals surface area contributed by atoms with E-state index in [1.54, 1.807) is 7.11 Å². The summed E-state index contributed by atoms with van der Waals surface area (Å²) in [6, 6.07) is -0.406. The zero-order valence-electron chi connectivity index (χ0n) is 12.2. The SMILES string of the molecule is COCCC(N)C(=O)N1CCC(C(C)(C)C)CC1. The highest BCUT2D eigenvalue weighted by atomic mass is 16.5. The third-order valence-electron chi connectivity index (χ3n) is 3.98. The topological polar surface area (TPSA) is 55.6 Å². The second-order valence-electron chi connectivity index (χ2n) is 6.35. The highest BCUT2D eigenvalue weighted by Gasteiger charge is 2.31. The van der Waals surface area contributed by atoms with Gasteiger partial charge in [0.2, 0.25) is 5.91 Å². The summed E-state index contributed by atoms with van der Waals surface area (Å²) in [6.07, 6.45) is 2.78. The molecule has 0 radical (unpaired) electrons. The Morgan fingerprint density at radius 2 is 1.94 bits per heavy atom. The molecule has 1 aliphatic rings. The number of carbonyl (C=O) groups is 1. The van der Waals surface area contributed by atoms with Gasteiger partial charge >= 0.3 is 0 Å². The molecule has 1 rings (SSSR count). The first-order chi connectivity index (χ1) is 8.36. The van der Waals surface area contributed by atoms with Crippen molar-refractivity contribution in [1.82, 2.24) is 4.90 Å². The number of piperidine rings is 1. The Balaban J connectivity index is 2.40. The first kappa shape index (κ1) is 15.4. The molecule has 1 fully saturated rings. The number of nitrogens with zero attached hydrogens (tertiary/aromatic N) is 1. The maximum atomic E-state index is 12.1. The van der Waals surface area contributed by atoms with Crippen LogP contribution in [0.25, 0.3) is 0 Å². The highest BCUT2D eigenvalue weighted by molar-refractivity contribution is 5.81. The zero-order valence-corrected chi connectivity index (χ0v) is 12.2. The summed E-state index contributed by atoms with van der Waals surface area (Å²) in [6.45, 7) is 9.08. The highest BCUT2D eigenvalue weighted by Crippen LogP contribution is 2.34. The summed E-state index contributed by atoms with van der Waals surface area (Å²) in [5.74, 6) is 0.788. The largest absolute Gasteiger partial charge is 0.385 e. The second kappa shape index (κ2) is 6.53. The van der Waals surface area contributed by atoms with Crippen LogP contribution in [0.1, 0.15) is 40.0 Å². The normalized spacial score (nSPS) is 19.9. The third-order valence-corrected chi connectivity index (χ3v) is 3.98. The summed E-state index contributed by atoms with van der Waals surface area (Å²) in [7, 11) is 1.63. The maximum Gasteiger partial charge on any atom is 0.239 e. The Morgan fingerprint density at radius 3 is 2.39 bits per heavy atom. The number of amides is 1. The molecule has 0 aromatic heterocycles. The van der Waals surface area contributed by atoms with Gasteiger partial charge in [-0.05, 0) is 30.6 Å². The van der Waals surface area contributed by atoms with Crippen molar-refractivity contribution in [2.45, 2.75) is 46.1 Å². The Morgan fingerprint density at radius 1 is 1.39 bits per heavy atom. The van der Waals surface area contributed by atoms with E-state index < -0.39 is 6.04 Å². The molecule has 18 heavy (non-hydrogen) atoms. The standard InChI is InChI=1S/C14H28N2O2/c1-14(2,3)11-5-8-16(9-6-11)13(17)12(15)7-10-18-4/h11-12H,5-10,15H2,1-4H3. The maximum absolute atomic E-state index is 12.1. The number of hydrogen-bond donors (Lipinski definition) is 1. The lowest BCUT2D eigenvalue weighted by molar-refractivity contribution is -0.134. The minimum Gasteiger partial charge on any atom is -0.385 e. The van der Waals surface area contributed by atoms with Gasteiger partial charge < -0.3 is 15.4 Å². The van der Waals surface area contributed by atoms with E-state index in [0.717, 1.165) is 25.9 Å². The van der Waals surface area contributed by atoms with Crippen LogP contribution in [0.5, 0.6) is 0 Å². The summed E-state index contributed by atoms with van der Waals surface area (Å²) < 4.78 is 4.96. The number of nitrogens with two attached hydrogens (primary N) is 1. The average Bonchev–Trinajstić information content (AvgIpc) is 2.34. The van der Waals surface area contributed by atoms with Crippen molar-refractivity contribution in [1.29, 1.82) is 0 Å². The number of ether oxygens (including phenoxy) is 1. The van der Waals surface area contributed by atoms with Crippen LogP contribution >= 0.6 is 0 Å². The van der Waals surface area contributed by atoms with Crippen molar-refractivity contribution in [3.8, 4) is 0 Å². The molecule has 0 saturated carbocycles. The van der Waals surface area contributed by atoms with Crippen LogP contribution in [0, 0.1) is 11.3 Å². The van der Waals surface area contributed by atoms with Gasteiger partial charge in [0, 0.05) is 26.8 Å². The van der Waals surface area contributed by atoms with E-state index in [4.69, 9.17) is 10.5 Å². The Labute approximate surface area is 111 Å². The second-order valence-corrected chi connectivity index (χ2v) is 6.35. The minimum absolute atomic E-state index is 0.0828. The first-order valence-corrected chi connectivity index (χ1v) is 6.89. The molecule has 2 N–H and O–H groups in total. The van der Waals surface area contributed by atoms with Gasteiger partial charge in [0.25, 0.3) is 0 Å². The van der Waals surface area contributed by atoms with Gasteiger partial charge in [-0.1, -0.05) is 20.8 Å². The van der Waals surface area contributed by atoms with Crippen LogP contribution in [-0.2, 0) is 9.53 Å². The van der Waals surface area contributed by atoms with Gasteiger partial charge in [-0.25, -0.2) is 0 Å². The van der Waals surface area contributed by atoms with Gasteiger partial charge in [0.15, 0.2) is 0 Å². The lowest BCUT2D eigenvalue weighted by atomic mass is 9.75. The van der Waals surface area contributed by atoms with Crippen molar-refractivity contribution in [3.05, 3.63) is 0 Å². The molecule has 1 aliphatic heterocycles. The van der Waals surface area contributed by atoms with E-state index in [9.17, 15) is 4.79 Å². The quantitative estimate of drug-likeness (QED) is 0.832. The molecule has 1 unspecified atom stereocenters. The Kier molecular flexibility index (Phi) is 5.60. The van der Waals surface area contributed by atoms with E-state index >= 15 is 0 Å². The molecule has 0 bridgehead atoms. The number of rotatable bonds is 4. The summed E-state index contributed by atoms with van der Waals surface area (Å²) in [4.78, 5) is 14.0. The van der Waals surface area contributed by atoms with Crippen molar-refractivity contribution in [2.24, 2.45) is 17.1 Å². The van der Waals surface area contributed by atoms with Crippen molar-refractivity contribution in [3.63, 3.8) is 0 Å². The minimum atomic E-state index is -0.406. The molecule has 0 aromatic carbocycles. The van der Waals surface area contributed by atoms with Crippen LogP contribution in [0.15, 0.2) is 0 Å². The van der Waals surface area contributed by atoms with Crippen LogP contribution in [-0.4, -0.2) is 43.7 Å². The van der Waals surface area contributed by atoms with Gasteiger partial charge in [0.1, 0.15) is 0 Å². The molecule has 1 atom stereocenters. The lowest BCUT2D eigenvalue weighted by Gasteiger charge is -2.39. The molecule has 1 saturated heterocycles. The molecule has 4 nitrogen and oxygen atoms in total. The van der Waals surface area contributed by atoms with Gasteiger partial charge in [-0.15, -0.1) is 0 Å². The summed E-state index contributed by atoms with van der Waals surface area (Å²) in [5.41, 5.74) is 6.22. The third kappa shape index (κ3) is 4.25. The molecule has 1 heterocycles. The van der Waals surface area contributed by atoms with Gasteiger partial charge in [-0.3, -0.25) is 4.79 Å². The monoisotopic (exact) mass is 256 g/mol. The Hall–Kier alpha value is -0.610. The molecule has 0 aliphatic carbocycles. The summed E-state index contributed by atoms with van der Waals surface area (Å²) in [5, 5.41) is 0. The number of likely N-dealkylation sites (tertiary alicyclic amines) is 1. The smallest absolute Gasteiger partial charge is 0.239 e. The van der Waals surface area contributed by atoms with E-state index in [2.05, 4.69) is 20.8 Å². The molecule has 0 spiro atoms. The fourth-order valence-corrected chi connectivity index (χ4v) is 2.57. The predicted octanol–water partition coefficient (Wildman–Crippen LogP) is 1.63. The van der Waals surface area contributed by atoms with E-state index in [1.807, 2.05) is 4.90 Å². The van der Waals surface area contributed by atoms with Gasteiger partial charge in [-0.2, -0.15) is 0 Å². The zero-order chi connectivity index (χ0) is 13.8. The number of carbonyl (C=O) groups excluding carboxylic acids is 1. The van der Waals surface area contributed by atoms with E-state index in [0.29, 0.717) is 24.4 Å². The van der Waals surface area contributed by atoms with E-state index in [-0.39, 0.29) is 5.91 Å². The molecule has 106 valence electrons. The van der Waals surface area contributed by atoms with Crippen LogP contribution in [0.3, 0.4) is 0 Å². The van der Waals surface area contributed by atoms with E-state index in [1.165, 1.54) is 0 Å². The number of methoxy groups -OCH3 is 1. The van der Waals surface area contributed by atoms with Crippen LogP contribution < -0.4 is 5.73 Å². The fraction of sp³-hybridized carbons (Fsp3) is 0.929. The van der Waals surface area contributed by atoms with Crippen molar-refractivity contribution in [2.75, 3.05) is 26.8 Å². The summed E-state index contributed by atoms with van der Waals surface area (Å²) >= 11 is 0. The molecular weight excluding hydrogens is 228 g/mol. The molecule has 1 amide bonds. The Bertz CT molecular complexity index is 265. The van der Waals surface area contributed by atoms with Crippen LogP contribution in [0.2, 0.25) is 0 Å². The van der Waals surface area contributed by atoms with Gasteiger partial charge in [0.05, 0.1) is 6.04 Å². The molecule has 0 aromatic rings.